The summed E-state index contributed by atoms with van der Waals surface area (Å²) in [6, 6.07) is 0.913. The molecule has 0 spiro atoms. The number of hydrogen-bond acceptors (Lipinski definition) is 2. The molecule has 14 heavy (non-hydrogen) atoms. The van der Waals surface area contributed by atoms with Crippen LogP contribution in [0.3, 0.4) is 0 Å². The van der Waals surface area contributed by atoms with Crippen LogP contribution in [0.15, 0.2) is 0 Å². The van der Waals surface area contributed by atoms with Crippen molar-refractivity contribution in [1.82, 2.24) is 4.90 Å². The molecule has 0 aromatic carbocycles. The van der Waals surface area contributed by atoms with Gasteiger partial charge in [0, 0.05) is 12.1 Å². The summed E-state index contributed by atoms with van der Waals surface area (Å²) in [7, 11) is 2.15. The molecule has 0 aliphatic heterocycles. The summed E-state index contributed by atoms with van der Waals surface area (Å²) in [4.78, 5) is 2.35. The van der Waals surface area contributed by atoms with E-state index in [-0.39, 0.29) is 6.10 Å². The van der Waals surface area contributed by atoms with Gasteiger partial charge in [0.15, 0.2) is 0 Å². The molecule has 1 aliphatic rings. The maximum Gasteiger partial charge on any atom is 0.0698 e. The van der Waals surface area contributed by atoms with Crippen molar-refractivity contribution in [1.29, 1.82) is 0 Å². The van der Waals surface area contributed by atoms with Gasteiger partial charge in [-0.05, 0) is 39.7 Å². The van der Waals surface area contributed by atoms with E-state index in [1.54, 1.807) is 0 Å². The molecule has 0 bridgehead atoms. The fraction of sp³-hybridized carbons (Fsp3) is 1.00. The van der Waals surface area contributed by atoms with Crippen molar-refractivity contribution in [2.45, 2.75) is 64.6 Å². The smallest absolute Gasteiger partial charge is 0.0698 e. The third kappa shape index (κ3) is 2.48. The van der Waals surface area contributed by atoms with Crippen LogP contribution in [0, 0.1) is 5.92 Å². The van der Waals surface area contributed by atoms with Crippen molar-refractivity contribution in [2.75, 3.05) is 7.05 Å². The van der Waals surface area contributed by atoms with E-state index in [9.17, 15) is 5.11 Å². The third-order valence-electron chi connectivity index (χ3n) is 3.76. The Labute approximate surface area is 88.3 Å². The largest absolute Gasteiger partial charge is 0.391 e. The second kappa shape index (κ2) is 5.13. The molecule has 1 saturated carbocycles. The van der Waals surface area contributed by atoms with E-state index in [0.717, 1.165) is 6.42 Å². The quantitative estimate of drug-likeness (QED) is 0.753. The van der Waals surface area contributed by atoms with Crippen molar-refractivity contribution in [3.8, 4) is 0 Å². The molecule has 84 valence electrons. The highest BCUT2D eigenvalue weighted by molar-refractivity contribution is 4.88. The zero-order valence-corrected chi connectivity index (χ0v) is 10.0. The van der Waals surface area contributed by atoms with Crippen LogP contribution in [0.2, 0.25) is 0 Å². The van der Waals surface area contributed by atoms with Crippen LogP contribution < -0.4 is 0 Å². The van der Waals surface area contributed by atoms with E-state index in [4.69, 9.17) is 0 Å². The molecule has 1 aliphatic carbocycles. The number of likely N-dealkylation sites (N-methyl/N-ethyl adjacent to an activating group) is 1. The van der Waals surface area contributed by atoms with Gasteiger partial charge in [0.25, 0.3) is 0 Å². The SMILES string of the molecule is CCC1CCCC(O)C1N(C)C(C)C. The number of hydrogen-bond donors (Lipinski definition) is 1. The summed E-state index contributed by atoms with van der Waals surface area (Å²) < 4.78 is 0. The Kier molecular flexibility index (Phi) is 4.39. The van der Waals surface area contributed by atoms with Crippen LogP contribution in [0.25, 0.3) is 0 Å². The molecule has 0 aromatic heterocycles. The van der Waals surface area contributed by atoms with Gasteiger partial charge in [0.1, 0.15) is 0 Å². The lowest BCUT2D eigenvalue weighted by Crippen LogP contribution is -2.51. The van der Waals surface area contributed by atoms with Gasteiger partial charge in [0.2, 0.25) is 0 Å². The molecule has 0 aromatic rings. The highest BCUT2D eigenvalue weighted by atomic mass is 16.3. The Morgan fingerprint density at radius 2 is 2.00 bits per heavy atom. The van der Waals surface area contributed by atoms with E-state index in [1.165, 1.54) is 19.3 Å². The first kappa shape index (κ1) is 12.0. The summed E-state index contributed by atoms with van der Waals surface area (Å²) in [5, 5.41) is 10.0. The van der Waals surface area contributed by atoms with Gasteiger partial charge in [0.05, 0.1) is 6.10 Å². The van der Waals surface area contributed by atoms with Gasteiger partial charge in [-0.1, -0.05) is 19.8 Å². The average molecular weight is 199 g/mol. The second-order valence-corrected chi connectivity index (χ2v) is 4.92. The molecule has 0 radical (unpaired) electrons. The Morgan fingerprint density at radius 3 is 2.50 bits per heavy atom. The van der Waals surface area contributed by atoms with Crippen molar-refractivity contribution in [2.24, 2.45) is 5.92 Å². The van der Waals surface area contributed by atoms with Gasteiger partial charge in [-0.2, -0.15) is 0 Å². The van der Waals surface area contributed by atoms with E-state index < -0.39 is 0 Å². The molecular formula is C12H25NO. The lowest BCUT2D eigenvalue weighted by atomic mass is 9.80. The van der Waals surface area contributed by atoms with Crippen LogP contribution in [-0.4, -0.2) is 35.2 Å². The normalized spacial score (nSPS) is 34.1. The fourth-order valence-electron chi connectivity index (χ4n) is 2.64. The predicted octanol–water partition coefficient (Wildman–Crippen LogP) is 2.27. The minimum Gasteiger partial charge on any atom is -0.391 e. The minimum absolute atomic E-state index is 0.110. The summed E-state index contributed by atoms with van der Waals surface area (Å²) in [6.07, 6.45) is 4.55. The van der Waals surface area contributed by atoms with Gasteiger partial charge in [-0.25, -0.2) is 0 Å². The van der Waals surface area contributed by atoms with Crippen molar-refractivity contribution >= 4 is 0 Å². The first-order valence-electron chi connectivity index (χ1n) is 5.98. The van der Waals surface area contributed by atoms with Crippen LogP contribution in [-0.2, 0) is 0 Å². The van der Waals surface area contributed by atoms with Gasteiger partial charge in [-0.15, -0.1) is 0 Å². The second-order valence-electron chi connectivity index (χ2n) is 4.92. The van der Waals surface area contributed by atoms with Crippen LogP contribution in [0.4, 0.5) is 0 Å². The van der Waals surface area contributed by atoms with Crippen LogP contribution in [0.5, 0.6) is 0 Å². The maximum atomic E-state index is 10.0. The molecule has 1 rings (SSSR count). The first-order valence-corrected chi connectivity index (χ1v) is 5.98. The standard InChI is InChI=1S/C12H25NO/c1-5-10-7-6-8-11(14)12(10)13(4)9(2)3/h9-12,14H,5-8H2,1-4H3. The lowest BCUT2D eigenvalue weighted by Gasteiger charge is -2.42. The third-order valence-corrected chi connectivity index (χ3v) is 3.76. The van der Waals surface area contributed by atoms with E-state index in [2.05, 4.69) is 32.7 Å². The fourth-order valence-corrected chi connectivity index (χ4v) is 2.64. The molecule has 1 fully saturated rings. The number of rotatable bonds is 3. The molecule has 0 heterocycles. The van der Waals surface area contributed by atoms with Crippen molar-refractivity contribution in [3.63, 3.8) is 0 Å². The Morgan fingerprint density at radius 1 is 1.36 bits per heavy atom. The Bertz CT molecular complexity index is 168. The topological polar surface area (TPSA) is 23.5 Å². The van der Waals surface area contributed by atoms with Crippen molar-refractivity contribution < 1.29 is 5.11 Å². The minimum atomic E-state index is -0.110. The average Bonchev–Trinajstić information content (AvgIpc) is 2.16. The molecule has 2 heteroatoms. The first-order chi connectivity index (χ1) is 6.57. The summed E-state index contributed by atoms with van der Waals surface area (Å²) in [5.74, 6) is 0.686. The summed E-state index contributed by atoms with van der Waals surface area (Å²) >= 11 is 0. The number of aliphatic hydroxyl groups excluding tert-OH is 1. The van der Waals surface area contributed by atoms with Gasteiger partial charge < -0.3 is 5.11 Å². The van der Waals surface area contributed by atoms with E-state index in [1.807, 2.05) is 0 Å². The maximum absolute atomic E-state index is 10.0. The molecule has 2 nitrogen and oxygen atoms in total. The number of nitrogens with zero attached hydrogens (tertiary/aromatic N) is 1. The molecule has 0 amide bonds. The van der Waals surface area contributed by atoms with Gasteiger partial charge >= 0.3 is 0 Å². The highest BCUT2D eigenvalue weighted by Gasteiger charge is 2.34. The lowest BCUT2D eigenvalue weighted by molar-refractivity contribution is -0.0153. The van der Waals surface area contributed by atoms with Crippen LogP contribution in [0.1, 0.15) is 46.5 Å². The monoisotopic (exact) mass is 199 g/mol. The van der Waals surface area contributed by atoms with Crippen molar-refractivity contribution in [3.05, 3.63) is 0 Å². The molecule has 0 saturated heterocycles. The summed E-state index contributed by atoms with van der Waals surface area (Å²) in [5.41, 5.74) is 0. The molecular weight excluding hydrogens is 174 g/mol. The molecule has 3 atom stereocenters. The zero-order chi connectivity index (χ0) is 10.7. The summed E-state index contributed by atoms with van der Waals surface area (Å²) in [6.45, 7) is 6.64. The van der Waals surface area contributed by atoms with Crippen LogP contribution >= 0.6 is 0 Å². The van der Waals surface area contributed by atoms with Gasteiger partial charge in [-0.3, -0.25) is 4.90 Å². The Balaban J connectivity index is 2.68. The molecule has 3 unspecified atom stereocenters. The zero-order valence-electron chi connectivity index (χ0n) is 10.0. The molecule has 1 N–H and O–H groups in total. The number of aliphatic hydroxyl groups is 1. The van der Waals surface area contributed by atoms with E-state index in [0.29, 0.717) is 18.0 Å². The Hall–Kier alpha value is -0.0800. The van der Waals surface area contributed by atoms with E-state index >= 15 is 0 Å². The predicted molar refractivity (Wildman–Crippen MR) is 60.3 cm³/mol. The highest BCUT2D eigenvalue weighted by Crippen LogP contribution is 2.31.